The van der Waals surface area contributed by atoms with Gasteiger partial charge in [0.1, 0.15) is 6.07 Å². The van der Waals surface area contributed by atoms with Crippen LogP contribution in [-0.4, -0.2) is 13.4 Å². The normalized spacial score (nSPS) is 11.4. The lowest BCUT2D eigenvalue weighted by atomic mass is 10.1. The summed E-state index contributed by atoms with van der Waals surface area (Å²) in [7, 11) is 0.462. The van der Waals surface area contributed by atoms with E-state index in [1.54, 1.807) is 0 Å². The van der Waals surface area contributed by atoms with E-state index in [2.05, 4.69) is 4.98 Å². The summed E-state index contributed by atoms with van der Waals surface area (Å²) in [5.41, 5.74) is 3.19. The molecule has 1 aromatic heterocycles. The molecule has 2 N–H and O–H groups in total. The Labute approximate surface area is 93.9 Å². The summed E-state index contributed by atoms with van der Waals surface area (Å²) in [6.07, 6.45) is -2.42. The van der Waals surface area contributed by atoms with Crippen molar-refractivity contribution in [1.82, 2.24) is 4.98 Å². The molecule has 0 aliphatic rings. The predicted molar refractivity (Wildman–Crippen MR) is 51.4 cm³/mol. The Hall–Kier alpha value is -1.46. The lowest BCUT2D eigenvalue weighted by Gasteiger charge is -2.08. The van der Waals surface area contributed by atoms with Crippen molar-refractivity contribution >= 4 is 25.4 Å². The van der Waals surface area contributed by atoms with Crippen LogP contribution in [0.5, 0.6) is 0 Å². The van der Waals surface area contributed by atoms with Gasteiger partial charge in [-0.3, -0.25) is 0 Å². The largest absolute Gasteiger partial charge is 0.396 e. The van der Waals surface area contributed by atoms with Crippen LogP contribution in [0.2, 0.25) is 0 Å². The van der Waals surface area contributed by atoms with E-state index >= 15 is 0 Å². The van der Waals surface area contributed by atoms with E-state index in [-0.39, 0.29) is 5.69 Å². The maximum atomic E-state index is 12.6. The highest BCUT2D eigenvalue weighted by atomic mass is 35.7. The number of nitrogens with zero attached hydrogens (tertiary/aromatic N) is 2. The number of anilines is 1. The standard InChI is InChI=1S/C7H4ClF2N3O2S/c8-16(14,15)7-5(6(9)10)3(1-11)4(12)2-13-7/h2,6H,12H2. The van der Waals surface area contributed by atoms with Gasteiger partial charge in [0.15, 0.2) is 5.03 Å². The van der Waals surface area contributed by atoms with E-state index in [0.29, 0.717) is 0 Å². The van der Waals surface area contributed by atoms with Crippen LogP contribution >= 0.6 is 10.7 Å². The maximum absolute atomic E-state index is 12.6. The summed E-state index contributed by atoms with van der Waals surface area (Å²) in [5, 5.41) is 7.56. The van der Waals surface area contributed by atoms with Crippen molar-refractivity contribution in [2.45, 2.75) is 11.5 Å². The third-order valence-corrected chi connectivity index (χ3v) is 2.90. The van der Waals surface area contributed by atoms with E-state index < -0.39 is 31.6 Å². The molecular weight excluding hydrogens is 264 g/mol. The van der Waals surface area contributed by atoms with Crippen molar-refractivity contribution in [2.75, 3.05) is 5.73 Å². The number of nitrogens with two attached hydrogens (primary N) is 1. The van der Waals surface area contributed by atoms with Gasteiger partial charge < -0.3 is 5.73 Å². The van der Waals surface area contributed by atoms with Crippen LogP contribution < -0.4 is 5.73 Å². The summed E-state index contributed by atoms with van der Waals surface area (Å²) in [6.45, 7) is 0. The number of aromatic nitrogens is 1. The summed E-state index contributed by atoms with van der Waals surface area (Å²) in [6, 6.07) is 1.39. The zero-order valence-corrected chi connectivity index (χ0v) is 9.06. The molecular formula is C7H4ClF2N3O2S. The van der Waals surface area contributed by atoms with Gasteiger partial charge in [-0.15, -0.1) is 0 Å². The number of hydrogen-bond acceptors (Lipinski definition) is 5. The van der Waals surface area contributed by atoms with E-state index in [9.17, 15) is 17.2 Å². The molecule has 1 rings (SSSR count). The third-order valence-electron chi connectivity index (χ3n) is 1.67. The fourth-order valence-corrected chi connectivity index (χ4v) is 2.05. The molecule has 0 atom stereocenters. The van der Waals surface area contributed by atoms with Gasteiger partial charge >= 0.3 is 0 Å². The van der Waals surface area contributed by atoms with Gasteiger partial charge in [-0.2, -0.15) is 5.26 Å². The van der Waals surface area contributed by atoms with Gasteiger partial charge in [-0.05, 0) is 0 Å². The molecule has 0 aliphatic carbocycles. The molecule has 0 saturated carbocycles. The Morgan fingerprint density at radius 3 is 2.50 bits per heavy atom. The van der Waals surface area contributed by atoms with Crippen molar-refractivity contribution in [3.05, 3.63) is 17.3 Å². The number of pyridine rings is 1. The van der Waals surface area contributed by atoms with Crippen LogP contribution in [0.3, 0.4) is 0 Å². The Morgan fingerprint density at radius 1 is 1.56 bits per heavy atom. The quantitative estimate of drug-likeness (QED) is 0.817. The number of nitriles is 1. The highest BCUT2D eigenvalue weighted by Gasteiger charge is 2.28. The van der Waals surface area contributed by atoms with Crippen molar-refractivity contribution in [2.24, 2.45) is 0 Å². The second-order valence-corrected chi connectivity index (χ2v) is 5.14. The molecule has 16 heavy (non-hydrogen) atoms. The molecule has 1 aromatic rings. The summed E-state index contributed by atoms with van der Waals surface area (Å²) < 4.78 is 47.1. The monoisotopic (exact) mass is 267 g/mol. The molecule has 86 valence electrons. The van der Waals surface area contributed by atoms with Crippen molar-refractivity contribution < 1.29 is 17.2 Å². The zero-order chi connectivity index (χ0) is 12.5. The zero-order valence-electron chi connectivity index (χ0n) is 7.49. The minimum Gasteiger partial charge on any atom is -0.396 e. The fourth-order valence-electron chi connectivity index (χ4n) is 1.05. The number of halogens is 3. The van der Waals surface area contributed by atoms with Crippen LogP contribution in [0.15, 0.2) is 11.2 Å². The smallest absolute Gasteiger partial charge is 0.279 e. The van der Waals surface area contributed by atoms with Gasteiger partial charge in [-0.25, -0.2) is 22.2 Å². The maximum Gasteiger partial charge on any atom is 0.279 e. The number of alkyl halides is 2. The Morgan fingerprint density at radius 2 is 2.12 bits per heavy atom. The molecule has 1 heterocycles. The van der Waals surface area contributed by atoms with Crippen LogP contribution in [0.4, 0.5) is 14.5 Å². The minimum absolute atomic E-state index is 0.332. The molecule has 0 spiro atoms. The Bertz CT molecular complexity index is 568. The van der Waals surface area contributed by atoms with Crippen molar-refractivity contribution in [1.29, 1.82) is 5.26 Å². The molecule has 0 aromatic carbocycles. The molecule has 0 amide bonds. The summed E-state index contributed by atoms with van der Waals surface area (Å²) >= 11 is 0. The SMILES string of the molecule is N#Cc1c(N)cnc(S(=O)(=O)Cl)c1C(F)F. The van der Waals surface area contributed by atoms with Gasteiger partial charge in [-0.1, -0.05) is 0 Å². The topological polar surface area (TPSA) is 96.8 Å². The number of nitrogen functional groups attached to an aromatic ring is 1. The Balaban J connectivity index is 3.74. The average Bonchev–Trinajstić information content (AvgIpc) is 2.14. The number of rotatable bonds is 2. The molecule has 0 saturated heterocycles. The molecule has 9 heteroatoms. The number of hydrogen-bond donors (Lipinski definition) is 1. The molecule has 0 bridgehead atoms. The van der Waals surface area contributed by atoms with Gasteiger partial charge in [0, 0.05) is 10.7 Å². The summed E-state index contributed by atoms with van der Waals surface area (Å²) in [4.78, 5) is 3.20. The molecule has 5 nitrogen and oxygen atoms in total. The van der Waals surface area contributed by atoms with E-state index in [0.717, 1.165) is 6.20 Å². The fraction of sp³-hybridized carbons (Fsp3) is 0.143. The third kappa shape index (κ3) is 2.20. The van der Waals surface area contributed by atoms with Gasteiger partial charge in [0.05, 0.1) is 23.0 Å². The molecule has 0 radical (unpaired) electrons. The first-order chi connectivity index (χ1) is 7.29. The molecule has 0 unspecified atom stereocenters. The molecule has 0 aliphatic heterocycles. The van der Waals surface area contributed by atoms with Gasteiger partial charge in [0.2, 0.25) is 0 Å². The van der Waals surface area contributed by atoms with Crippen LogP contribution in [0.1, 0.15) is 17.6 Å². The second-order valence-electron chi connectivity index (χ2n) is 2.66. The van der Waals surface area contributed by atoms with Crippen molar-refractivity contribution in [3.8, 4) is 6.07 Å². The average molecular weight is 268 g/mol. The molecule has 0 fully saturated rings. The van der Waals surface area contributed by atoms with E-state index in [1.165, 1.54) is 6.07 Å². The first-order valence-electron chi connectivity index (χ1n) is 3.70. The van der Waals surface area contributed by atoms with Gasteiger partial charge in [0.25, 0.3) is 15.5 Å². The summed E-state index contributed by atoms with van der Waals surface area (Å²) in [5.74, 6) is 0. The van der Waals surface area contributed by atoms with Crippen molar-refractivity contribution in [3.63, 3.8) is 0 Å². The predicted octanol–water partition coefficient (Wildman–Crippen LogP) is 1.40. The van der Waals surface area contributed by atoms with E-state index in [1.807, 2.05) is 0 Å². The minimum atomic E-state index is -4.45. The second kappa shape index (κ2) is 4.19. The first kappa shape index (κ1) is 12.6. The first-order valence-corrected chi connectivity index (χ1v) is 6.01. The van der Waals surface area contributed by atoms with E-state index in [4.69, 9.17) is 21.7 Å². The van der Waals surface area contributed by atoms with Crippen LogP contribution in [0.25, 0.3) is 0 Å². The van der Waals surface area contributed by atoms with Crippen LogP contribution in [-0.2, 0) is 9.05 Å². The lowest BCUT2D eigenvalue weighted by molar-refractivity contribution is 0.147. The van der Waals surface area contributed by atoms with Crippen LogP contribution in [0, 0.1) is 11.3 Å². The lowest BCUT2D eigenvalue weighted by Crippen LogP contribution is -2.07. The highest BCUT2D eigenvalue weighted by molar-refractivity contribution is 8.13. The highest BCUT2D eigenvalue weighted by Crippen LogP contribution is 2.32. The Kier molecular flexibility index (Phi) is 3.30.